The number of nitrogens with zero attached hydrogens (tertiary/aromatic N) is 8. The second-order valence-corrected chi connectivity index (χ2v) is 14.6. The molecule has 4 aromatic heterocycles. The molecule has 2 atom stereocenters. The first-order valence-corrected chi connectivity index (χ1v) is 16.9. The van der Waals surface area contributed by atoms with E-state index in [4.69, 9.17) is 10.5 Å². The molecule has 0 aliphatic heterocycles. The molecular weight excluding hydrogens is 647 g/mol. The Labute approximate surface area is 267 Å². The number of amides is 3. The van der Waals surface area contributed by atoms with Crippen LogP contribution in [0.25, 0.3) is 0 Å². The quantitative estimate of drug-likeness (QED) is 0.183. The minimum atomic E-state index is -0.810. The molecule has 0 saturated heterocycles. The largest absolute Gasteiger partial charge is 0.453 e. The Morgan fingerprint density at radius 1 is 0.909 bits per heavy atom. The van der Waals surface area contributed by atoms with Crippen LogP contribution in [-0.2, 0) is 27.2 Å². The predicted octanol–water partition coefficient (Wildman–Crippen LogP) is 5.71. The van der Waals surface area contributed by atoms with Gasteiger partial charge in [-0.3, -0.25) is 9.59 Å². The standard InChI is InChI=1S/C25H29N11O4S4/c1-25(2,3)40-24(39)36-33-21-28-15(11-42-21)9-17(38)30-23-35-32-19(44-23)13-6-4-5-12(7-13)18-31-34-22(43-18)29-16(37)8-14-10-41-20(26)27-14/h10-13H,4-9H2,1-3H3,(H2,26,27)(H,29,34,37)(H,30,35,38)/t12-,13-/m0/s1. The number of anilines is 3. The normalized spacial score (nSPS) is 17.1. The highest BCUT2D eigenvalue weighted by Crippen LogP contribution is 2.43. The number of azo groups is 1. The second-order valence-electron chi connectivity index (χ2n) is 10.9. The molecule has 1 saturated carbocycles. The van der Waals surface area contributed by atoms with Crippen LogP contribution in [0.5, 0.6) is 0 Å². The number of thiazole rings is 2. The summed E-state index contributed by atoms with van der Waals surface area (Å²) in [6.07, 6.45) is 3.05. The van der Waals surface area contributed by atoms with Crippen molar-refractivity contribution in [1.29, 1.82) is 0 Å². The fraction of sp³-hybridized carbons (Fsp3) is 0.480. The lowest BCUT2D eigenvalue weighted by Crippen LogP contribution is -2.21. The van der Waals surface area contributed by atoms with Gasteiger partial charge in [-0.25, -0.2) is 14.8 Å². The van der Waals surface area contributed by atoms with E-state index in [1.807, 2.05) is 0 Å². The zero-order chi connectivity index (χ0) is 31.3. The lowest BCUT2D eigenvalue weighted by molar-refractivity contribution is -0.116. The lowest BCUT2D eigenvalue weighted by atomic mass is 9.82. The third kappa shape index (κ3) is 9.10. The van der Waals surface area contributed by atoms with Gasteiger partial charge in [-0.2, -0.15) is 0 Å². The maximum Gasteiger partial charge on any atom is 0.453 e. The maximum atomic E-state index is 12.6. The zero-order valence-electron chi connectivity index (χ0n) is 24.0. The highest BCUT2D eigenvalue weighted by molar-refractivity contribution is 7.16. The van der Waals surface area contributed by atoms with E-state index in [1.54, 1.807) is 31.5 Å². The van der Waals surface area contributed by atoms with Gasteiger partial charge in [0.25, 0.3) is 0 Å². The number of carbonyl (C=O) groups excluding carboxylic acids is 3. The summed E-state index contributed by atoms with van der Waals surface area (Å²) in [5, 5.41) is 36.6. The third-order valence-electron chi connectivity index (χ3n) is 6.15. The molecule has 4 aromatic rings. The number of aromatic nitrogens is 6. The van der Waals surface area contributed by atoms with Crippen LogP contribution in [0.4, 0.5) is 25.3 Å². The van der Waals surface area contributed by atoms with Crippen LogP contribution >= 0.6 is 45.3 Å². The van der Waals surface area contributed by atoms with E-state index >= 15 is 0 Å². The zero-order valence-corrected chi connectivity index (χ0v) is 27.2. The molecule has 1 aliphatic carbocycles. The molecule has 0 unspecified atom stereocenters. The van der Waals surface area contributed by atoms with E-state index < -0.39 is 11.7 Å². The van der Waals surface area contributed by atoms with Crippen molar-refractivity contribution in [1.82, 2.24) is 30.4 Å². The molecule has 1 fully saturated rings. The van der Waals surface area contributed by atoms with Gasteiger partial charge in [0.15, 0.2) is 5.13 Å². The van der Waals surface area contributed by atoms with Crippen LogP contribution in [0.2, 0.25) is 0 Å². The lowest BCUT2D eigenvalue weighted by Gasteiger charge is -2.25. The molecule has 0 aromatic carbocycles. The SMILES string of the molecule is CC(C)(C)OC(=O)N=Nc1nc(CC(=O)Nc2nnc([C@H]3CCC[C@H](c4nnc(NC(=O)Cc5csc(N)n5)s4)C3)s2)cs1. The van der Waals surface area contributed by atoms with Crippen LogP contribution in [0.15, 0.2) is 21.0 Å². The third-order valence-corrected chi connectivity index (χ3v) is 9.65. The van der Waals surface area contributed by atoms with Crippen LogP contribution in [0.1, 0.15) is 79.7 Å². The molecular formula is C25H29N11O4S4. The Morgan fingerprint density at radius 3 is 2.02 bits per heavy atom. The summed E-state index contributed by atoms with van der Waals surface area (Å²) in [6, 6.07) is 0. The predicted molar refractivity (Wildman–Crippen MR) is 168 cm³/mol. The van der Waals surface area contributed by atoms with Gasteiger partial charge < -0.3 is 21.1 Å². The minimum Gasteiger partial charge on any atom is -0.441 e. The van der Waals surface area contributed by atoms with Gasteiger partial charge in [0.2, 0.25) is 27.2 Å². The number of hydrogen-bond acceptors (Lipinski definition) is 16. The molecule has 3 amide bonds. The molecule has 4 N–H and O–H groups in total. The van der Waals surface area contributed by atoms with Gasteiger partial charge in [-0.15, -0.1) is 48.2 Å². The summed E-state index contributed by atoms with van der Waals surface area (Å²) in [5.74, 6) is -0.160. The van der Waals surface area contributed by atoms with E-state index in [2.05, 4.69) is 51.2 Å². The van der Waals surface area contributed by atoms with Crippen molar-refractivity contribution in [2.24, 2.45) is 10.2 Å². The number of hydrogen-bond donors (Lipinski definition) is 3. The van der Waals surface area contributed by atoms with Gasteiger partial charge in [0.05, 0.1) is 24.2 Å². The highest BCUT2D eigenvalue weighted by atomic mass is 32.1. The molecule has 4 heterocycles. The molecule has 44 heavy (non-hydrogen) atoms. The van der Waals surface area contributed by atoms with Crippen LogP contribution in [0.3, 0.4) is 0 Å². The van der Waals surface area contributed by atoms with E-state index in [0.29, 0.717) is 26.8 Å². The van der Waals surface area contributed by atoms with Crippen LogP contribution < -0.4 is 16.4 Å². The minimum absolute atomic E-state index is 0.00657. The Bertz CT molecular complexity index is 1650. The van der Waals surface area contributed by atoms with Gasteiger partial charge in [-0.1, -0.05) is 34.2 Å². The average molecular weight is 676 g/mol. The van der Waals surface area contributed by atoms with Gasteiger partial charge in [0.1, 0.15) is 15.6 Å². The van der Waals surface area contributed by atoms with E-state index in [0.717, 1.165) is 47.0 Å². The molecule has 15 nitrogen and oxygen atoms in total. The van der Waals surface area contributed by atoms with E-state index in [-0.39, 0.29) is 41.6 Å². The van der Waals surface area contributed by atoms with Crippen molar-refractivity contribution in [3.8, 4) is 0 Å². The van der Waals surface area contributed by atoms with Crippen LogP contribution in [-0.4, -0.2) is 53.9 Å². The topological polar surface area (TPSA) is 213 Å². The van der Waals surface area contributed by atoms with Crippen molar-refractivity contribution in [3.05, 3.63) is 32.2 Å². The van der Waals surface area contributed by atoms with Gasteiger partial charge in [0, 0.05) is 22.6 Å². The molecule has 1 aliphatic rings. The summed E-state index contributed by atoms with van der Waals surface area (Å²) in [4.78, 5) is 45.0. The van der Waals surface area contributed by atoms with E-state index in [9.17, 15) is 14.4 Å². The number of ether oxygens (including phenoxy) is 1. The first kappa shape index (κ1) is 31.6. The van der Waals surface area contributed by atoms with Crippen molar-refractivity contribution in [3.63, 3.8) is 0 Å². The molecule has 0 bridgehead atoms. The summed E-state index contributed by atoms with van der Waals surface area (Å²) < 4.78 is 5.08. The van der Waals surface area contributed by atoms with Crippen LogP contribution in [0, 0.1) is 0 Å². The average Bonchev–Trinajstić information content (AvgIpc) is 3.76. The Morgan fingerprint density at radius 2 is 1.48 bits per heavy atom. The maximum absolute atomic E-state index is 12.6. The highest BCUT2D eigenvalue weighted by Gasteiger charge is 2.29. The van der Waals surface area contributed by atoms with Gasteiger partial charge >= 0.3 is 6.09 Å². The van der Waals surface area contributed by atoms with Gasteiger partial charge in [-0.05, 0) is 40.0 Å². The summed E-state index contributed by atoms with van der Waals surface area (Å²) in [5.41, 5.74) is 6.07. The smallest absolute Gasteiger partial charge is 0.441 e. The Hall–Kier alpha value is -3.81. The summed E-state index contributed by atoms with van der Waals surface area (Å²) in [7, 11) is 0. The van der Waals surface area contributed by atoms with Crippen molar-refractivity contribution in [2.45, 2.75) is 76.7 Å². The number of carbonyl (C=O) groups is 3. The monoisotopic (exact) mass is 675 g/mol. The first-order chi connectivity index (χ1) is 21.0. The van der Waals surface area contributed by atoms with E-state index in [1.165, 1.54) is 34.0 Å². The molecule has 5 rings (SSSR count). The number of nitrogens with two attached hydrogens (primary N) is 1. The number of nitrogens with one attached hydrogen (secondary N) is 2. The first-order valence-electron chi connectivity index (χ1n) is 13.5. The molecule has 0 spiro atoms. The molecule has 232 valence electrons. The summed E-state index contributed by atoms with van der Waals surface area (Å²) in [6.45, 7) is 5.20. The number of nitrogen functional groups attached to an aromatic ring is 1. The van der Waals surface area contributed by atoms with Crippen molar-refractivity contribution in [2.75, 3.05) is 16.4 Å². The second kappa shape index (κ2) is 13.9. The molecule has 0 radical (unpaired) electrons. The fourth-order valence-corrected chi connectivity index (χ4v) is 7.40. The summed E-state index contributed by atoms with van der Waals surface area (Å²) >= 11 is 5.19. The fourth-order valence-electron chi connectivity index (χ4n) is 4.39. The van der Waals surface area contributed by atoms with Crippen molar-refractivity contribution < 1.29 is 19.1 Å². The number of rotatable bonds is 9. The molecule has 19 heteroatoms. The Kier molecular flexibility index (Phi) is 9.97. The van der Waals surface area contributed by atoms with Crippen molar-refractivity contribution >= 4 is 83.8 Å². The Balaban J connectivity index is 1.10.